The maximum Gasteiger partial charge on any atom is 0.408 e. The first-order chi connectivity index (χ1) is 13.4. The molecule has 0 saturated carbocycles. The number of benzene rings is 1. The number of aliphatic hydroxyl groups is 1. The Morgan fingerprint density at radius 3 is 2.21 bits per heavy atom. The molecule has 1 unspecified atom stereocenters. The normalized spacial score (nSPS) is 12.3. The largest absolute Gasteiger partial charge is 0.444 e. The second-order valence-corrected chi connectivity index (χ2v) is 8.14. The fourth-order valence-corrected chi connectivity index (χ4v) is 2.65. The van der Waals surface area contributed by atoms with Crippen LogP contribution in [0.4, 0.5) is 4.79 Å². The van der Waals surface area contributed by atoms with Gasteiger partial charge in [0.15, 0.2) is 0 Å². The van der Waals surface area contributed by atoms with Gasteiger partial charge in [0.05, 0.1) is 6.61 Å². The van der Waals surface area contributed by atoms with Gasteiger partial charge in [-0.1, -0.05) is 29.8 Å². The van der Waals surface area contributed by atoms with E-state index in [9.17, 15) is 19.5 Å². The zero-order valence-corrected chi connectivity index (χ0v) is 18.1. The van der Waals surface area contributed by atoms with E-state index in [1.54, 1.807) is 32.9 Å². The number of carbonyl (C=O) groups is 3. The number of hydrogen-bond donors (Lipinski definition) is 3. The Balaban J connectivity index is 3.08. The summed E-state index contributed by atoms with van der Waals surface area (Å²) in [7, 11) is 0. The molecule has 8 nitrogen and oxygen atoms in total. The molecule has 0 aliphatic heterocycles. The van der Waals surface area contributed by atoms with E-state index in [4.69, 9.17) is 4.74 Å². The molecule has 1 aromatic carbocycles. The van der Waals surface area contributed by atoms with Gasteiger partial charge in [-0.25, -0.2) is 4.79 Å². The van der Waals surface area contributed by atoms with Crippen LogP contribution in [-0.4, -0.2) is 59.3 Å². The third-order valence-corrected chi connectivity index (χ3v) is 3.83. The highest BCUT2D eigenvalue weighted by Gasteiger charge is 2.31. The Hall–Kier alpha value is -2.61. The highest BCUT2D eigenvalue weighted by atomic mass is 16.6. The molecular weight excluding hydrogens is 374 g/mol. The minimum absolute atomic E-state index is 0.0567. The lowest BCUT2D eigenvalue weighted by atomic mass is 10.0. The molecule has 0 aliphatic carbocycles. The van der Waals surface area contributed by atoms with E-state index in [2.05, 4.69) is 10.6 Å². The first kappa shape index (κ1) is 24.4. The first-order valence-corrected chi connectivity index (χ1v) is 9.68. The Kier molecular flexibility index (Phi) is 9.10. The van der Waals surface area contributed by atoms with Crippen molar-refractivity contribution in [2.45, 2.75) is 59.2 Å². The summed E-state index contributed by atoms with van der Waals surface area (Å²) in [6, 6.07) is 6.20. The van der Waals surface area contributed by atoms with Crippen molar-refractivity contribution in [3.8, 4) is 0 Å². The van der Waals surface area contributed by atoms with Crippen LogP contribution in [-0.2, 0) is 14.3 Å². The van der Waals surface area contributed by atoms with Gasteiger partial charge in [0.2, 0.25) is 11.8 Å². The Bertz CT molecular complexity index is 695. The van der Waals surface area contributed by atoms with Gasteiger partial charge in [-0.2, -0.15) is 0 Å². The van der Waals surface area contributed by atoms with Crippen molar-refractivity contribution in [1.82, 2.24) is 15.5 Å². The highest BCUT2D eigenvalue weighted by molar-refractivity contribution is 5.90. The number of amides is 3. The molecule has 0 radical (unpaired) electrons. The molecule has 1 rings (SSSR count). The van der Waals surface area contributed by atoms with E-state index in [0.717, 1.165) is 5.56 Å². The van der Waals surface area contributed by atoms with Gasteiger partial charge >= 0.3 is 6.09 Å². The lowest BCUT2D eigenvalue weighted by molar-refractivity contribution is -0.141. The zero-order chi connectivity index (χ0) is 22.2. The minimum Gasteiger partial charge on any atom is -0.444 e. The summed E-state index contributed by atoms with van der Waals surface area (Å²) in [4.78, 5) is 38.9. The smallest absolute Gasteiger partial charge is 0.408 e. The zero-order valence-electron chi connectivity index (χ0n) is 18.1. The second-order valence-electron chi connectivity index (χ2n) is 8.14. The number of aryl methyl sites for hydroxylation is 1. The quantitative estimate of drug-likeness (QED) is 0.610. The molecule has 0 bridgehead atoms. The van der Waals surface area contributed by atoms with Crippen LogP contribution in [0.5, 0.6) is 0 Å². The summed E-state index contributed by atoms with van der Waals surface area (Å²) >= 11 is 0. The fraction of sp³-hybridized carbons (Fsp3) is 0.571. The maximum atomic E-state index is 12.9. The summed E-state index contributed by atoms with van der Waals surface area (Å²) in [5, 5.41) is 14.7. The summed E-state index contributed by atoms with van der Waals surface area (Å²) in [5.41, 5.74) is 0.940. The molecule has 0 aromatic heterocycles. The maximum absolute atomic E-state index is 12.9. The molecule has 3 N–H and O–H groups in total. The number of aliphatic hydroxyl groups excluding tert-OH is 1. The van der Waals surface area contributed by atoms with E-state index >= 15 is 0 Å². The van der Waals surface area contributed by atoms with Gasteiger partial charge < -0.3 is 25.4 Å². The van der Waals surface area contributed by atoms with Crippen molar-refractivity contribution in [1.29, 1.82) is 0 Å². The summed E-state index contributed by atoms with van der Waals surface area (Å²) in [5.74, 6) is -0.864. The highest BCUT2D eigenvalue weighted by Crippen LogP contribution is 2.22. The molecule has 0 spiro atoms. The van der Waals surface area contributed by atoms with Crippen molar-refractivity contribution >= 4 is 17.9 Å². The van der Waals surface area contributed by atoms with E-state index in [1.165, 1.54) is 4.90 Å². The topological polar surface area (TPSA) is 108 Å². The van der Waals surface area contributed by atoms with Crippen LogP contribution in [0, 0.1) is 6.92 Å². The monoisotopic (exact) mass is 407 g/mol. The predicted molar refractivity (Wildman–Crippen MR) is 110 cm³/mol. The molecule has 0 saturated heterocycles. The van der Waals surface area contributed by atoms with Crippen molar-refractivity contribution in [2.75, 3.05) is 19.7 Å². The van der Waals surface area contributed by atoms with Crippen LogP contribution in [0.1, 0.15) is 51.8 Å². The molecule has 0 fully saturated rings. The summed E-state index contributed by atoms with van der Waals surface area (Å²) < 4.78 is 5.14. The molecule has 8 heteroatoms. The lowest BCUT2D eigenvalue weighted by Gasteiger charge is -2.31. The van der Waals surface area contributed by atoms with Gasteiger partial charge in [0, 0.05) is 12.6 Å². The molecule has 1 atom stereocenters. The van der Waals surface area contributed by atoms with E-state index < -0.39 is 23.6 Å². The van der Waals surface area contributed by atoms with Crippen LogP contribution in [0.2, 0.25) is 0 Å². The van der Waals surface area contributed by atoms with E-state index in [0.29, 0.717) is 5.56 Å². The second kappa shape index (κ2) is 10.8. The number of ether oxygens (including phenoxy) is 1. The molecule has 3 amide bonds. The number of alkyl carbamates (subject to hydrolysis) is 1. The third kappa shape index (κ3) is 8.51. The predicted octanol–water partition coefficient (Wildman–Crippen LogP) is 1.91. The average Bonchev–Trinajstić information content (AvgIpc) is 2.58. The number of carbonyl (C=O) groups excluding carboxylic acids is 3. The lowest BCUT2D eigenvalue weighted by Crippen LogP contribution is -2.49. The van der Waals surface area contributed by atoms with Crippen LogP contribution in [0.3, 0.4) is 0 Å². The first-order valence-electron chi connectivity index (χ1n) is 9.68. The molecule has 29 heavy (non-hydrogen) atoms. The third-order valence-electron chi connectivity index (χ3n) is 3.83. The van der Waals surface area contributed by atoms with Gasteiger partial charge in [0.1, 0.15) is 18.2 Å². The molecule has 162 valence electrons. The van der Waals surface area contributed by atoms with E-state index in [-0.39, 0.29) is 31.6 Å². The fourth-order valence-electron chi connectivity index (χ4n) is 2.65. The van der Waals surface area contributed by atoms with Gasteiger partial charge in [-0.05, 0) is 47.1 Å². The van der Waals surface area contributed by atoms with Crippen LogP contribution in [0.15, 0.2) is 24.3 Å². The standard InChI is InChI=1S/C21H33N3O5/c1-14(2)23-19(27)18(16-9-7-15(3)8-10-16)24(11-12-25)17(26)13-22-20(28)29-21(4,5)6/h7-10,14,18,25H,11-13H2,1-6H3,(H,22,28)(H,23,27). The van der Waals surface area contributed by atoms with Gasteiger partial charge in [-0.3, -0.25) is 9.59 Å². The number of rotatable bonds is 8. The summed E-state index contributed by atoms with van der Waals surface area (Å²) in [6.07, 6.45) is -0.728. The van der Waals surface area contributed by atoms with Crippen molar-refractivity contribution in [2.24, 2.45) is 0 Å². The van der Waals surface area contributed by atoms with E-state index in [1.807, 2.05) is 32.9 Å². The molecule has 0 aliphatic rings. The van der Waals surface area contributed by atoms with Crippen molar-refractivity contribution in [3.63, 3.8) is 0 Å². The minimum atomic E-state index is -0.932. The molecular formula is C21H33N3O5. The van der Waals surface area contributed by atoms with Gasteiger partial charge in [-0.15, -0.1) is 0 Å². The Morgan fingerprint density at radius 2 is 1.72 bits per heavy atom. The average molecular weight is 408 g/mol. The number of hydrogen-bond acceptors (Lipinski definition) is 5. The summed E-state index contributed by atoms with van der Waals surface area (Å²) in [6.45, 7) is 10.00. The van der Waals surface area contributed by atoms with Crippen LogP contribution in [0.25, 0.3) is 0 Å². The van der Waals surface area contributed by atoms with Crippen molar-refractivity contribution in [3.05, 3.63) is 35.4 Å². The van der Waals surface area contributed by atoms with Crippen LogP contribution < -0.4 is 10.6 Å². The molecule has 0 heterocycles. The Morgan fingerprint density at radius 1 is 1.14 bits per heavy atom. The molecule has 1 aromatic rings. The van der Waals surface area contributed by atoms with Crippen molar-refractivity contribution < 1.29 is 24.2 Å². The van der Waals surface area contributed by atoms with Crippen LogP contribution >= 0.6 is 0 Å². The Labute approximate surface area is 172 Å². The number of nitrogens with one attached hydrogen (secondary N) is 2. The SMILES string of the molecule is Cc1ccc(C(C(=O)NC(C)C)N(CCO)C(=O)CNC(=O)OC(C)(C)C)cc1. The van der Waals surface area contributed by atoms with Gasteiger partial charge in [0.25, 0.3) is 0 Å². The number of nitrogens with zero attached hydrogens (tertiary/aromatic N) is 1.